The number of nitrogens with one attached hydrogen (secondary N) is 1. The number of para-hydroxylation sites is 2. The number of thioether (sulfide) groups is 1. The molecule has 0 radical (unpaired) electrons. The summed E-state index contributed by atoms with van der Waals surface area (Å²) in [7, 11) is 1.59. The van der Waals surface area contributed by atoms with Crippen LogP contribution in [0.4, 0.5) is 5.69 Å². The van der Waals surface area contributed by atoms with Crippen LogP contribution in [0, 0.1) is 6.92 Å². The number of methoxy groups -OCH3 is 1. The number of hydrogen-bond acceptors (Lipinski definition) is 6. The molecule has 0 fully saturated rings. The fourth-order valence-corrected chi connectivity index (χ4v) is 3.77. The SMILES string of the molecule is COc1ccccc1-n1nnnc1SC(C)C(=O)Nc1ccc(C)cc1Br. The molecule has 1 N–H and O–H groups in total. The quantitative estimate of drug-likeness (QED) is 0.577. The lowest BCUT2D eigenvalue weighted by Crippen LogP contribution is -2.23. The van der Waals surface area contributed by atoms with Gasteiger partial charge in [0.1, 0.15) is 11.4 Å². The van der Waals surface area contributed by atoms with E-state index in [0.717, 1.165) is 15.7 Å². The third-order valence-corrected chi connectivity index (χ3v) is 5.48. The Hall–Kier alpha value is -2.39. The summed E-state index contributed by atoms with van der Waals surface area (Å²) in [6.45, 7) is 3.80. The van der Waals surface area contributed by atoms with Crippen LogP contribution in [0.3, 0.4) is 0 Å². The fourth-order valence-electron chi connectivity index (χ4n) is 2.38. The van der Waals surface area contributed by atoms with E-state index < -0.39 is 5.25 Å². The van der Waals surface area contributed by atoms with Crippen LogP contribution in [0.15, 0.2) is 52.1 Å². The standard InChI is InChI=1S/C18H18BrN5O2S/c1-11-8-9-14(13(19)10-11)20-17(25)12(2)27-18-21-22-23-24(18)15-6-4-5-7-16(15)26-3/h4-10,12H,1-3H3,(H,20,25). The van der Waals surface area contributed by atoms with E-state index in [4.69, 9.17) is 4.74 Å². The van der Waals surface area contributed by atoms with Crippen LogP contribution in [0.25, 0.3) is 5.69 Å². The Balaban J connectivity index is 1.76. The van der Waals surface area contributed by atoms with Crippen LogP contribution in [0.1, 0.15) is 12.5 Å². The number of aryl methyl sites for hydroxylation is 1. The average Bonchev–Trinajstić information content (AvgIpc) is 3.11. The van der Waals surface area contributed by atoms with Gasteiger partial charge < -0.3 is 10.1 Å². The molecule has 0 aliphatic heterocycles. The minimum Gasteiger partial charge on any atom is -0.494 e. The molecule has 1 atom stereocenters. The Kier molecular flexibility index (Phi) is 6.12. The fraction of sp³-hybridized carbons (Fsp3) is 0.222. The molecule has 7 nitrogen and oxygen atoms in total. The number of carbonyl (C=O) groups excluding carboxylic acids is 1. The molecule has 3 rings (SSSR count). The second-order valence-electron chi connectivity index (χ2n) is 5.78. The van der Waals surface area contributed by atoms with Crippen LogP contribution in [-0.2, 0) is 4.79 Å². The minimum absolute atomic E-state index is 0.140. The van der Waals surface area contributed by atoms with Crippen molar-refractivity contribution >= 4 is 39.3 Å². The smallest absolute Gasteiger partial charge is 0.237 e. The molecule has 0 saturated carbocycles. The van der Waals surface area contributed by atoms with Gasteiger partial charge in [0.25, 0.3) is 0 Å². The summed E-state index contributed by atoms with van der Waals surface area (Å²) in [5.41, 5.74) is 2.54. The average molecular weight is 448 g/mol. The highest BCUT2D eigenvalue weighted by atomic mass is 79.9. The van der Waals surface area contributed by atoms with Gasteiger partial charge in [-0.2, -0.15) is 4.68 Å². The molecule has 0 aliphatic rings. The summed E-state index contributed by atoms with van der Waals surface area (Å²) in [5, 5.41) is 14.8. The van der Waals surface area contributed by atoms with Gasteiger partial charge in [0.05, 0.1) is 18.0 Å². The summed E-state index contributed by atoms with van der Waals surface area (Å²) in [4.78, 5) is 12.6. The summed E-state index contributed by atoms with van der Waals surface area (Å²) in [5.74, 6) is 0.506. The molecular weight excluding hydrogens is 430 g/mol. The molecule has 1 amide bonds. The maximum atomic E-state index is 12.6. The molecule has 1 heterocycles. The molecule has 0 bridgehead atoms. The number of rotatable bonds is 6. The van der Waals surface area contributed by atoms with Crippen molar-refractivity contribution in [2.24, 2.45) is 0 Å². The van der Waals surface area contributed by atoms with Crippen LogP contribution in [0.5, 0.6) is 5.75 Å². The van der Waals surface area contributed by atoms with Gasteiger partial charge in [-0.05, 0) is 70.0 Å². The predicted octanol–water partition coefficient (Wildman–Crippen LogP) is 3.86. The number of anilines is 1. The highest BCUT2D eigenvalue weighted by Crippen LogP contribution is 2.29. The van der Waals surface area contributed by atoms with Crippen LogP contribution in [-0.4, -0.2) is 38.5 Å². The predicted molar refractivity (Wildman–Crippen MR) is 109 cm³/mol. The molecule has 27 heavy (non-hydrogen) atoms. The zero-order valence-electron chi connectivity index (χ0n) is 15.0. The van der Waals surface area contributed by atoms with E-state index in [2.05, 4.69) is 36.8 Å². The Bertz CT molecular complexity index is 962. The van der Waals surface area contributed by atoms with Crippen molar-refractivity contribution in [2.45, 2.75) is 24.3 Å². The summed E-state index contributed by atoms with van der Waals surface area (Å²) in [6.07, 6.45) is 0. The van der Waals surface area contributed by atoms with Gasteiger partial charge in [-0.25, -0.2) is 0 Å². The van der Waals surface area contributed by atoms with E-state index in [1.807, 2.05) is 56.3 Å². The lowest BCUT2D eigenvalue weighted by molar-refractivity contribution is -0.115. The normalized spacial score (nSPS) is 11.9. The Morgan fingerprint density at radius 1 is 1.30 bits per heavy atom. The first-order valence-electron chi connectivity index (χ1n) is 8.15. The van der Waals surface area contributed by atoms with Gasteiger partial charge in [0, 0.05) is 4.47 Å². The molecule has 1 aromatic heterocycles. The van der Waals surface area contributed by atoms with E-state index in [-0.39, 0.29) is 5.91 Å². The number of tetrazole rings is 1. The lowest BCUT2D eigenvalue weighted by Gasteiger charge is -2.14. The molecular formula is C18H18BrN5O2S. The van der Waals surface area contributed by atoms with Gasteiger partial charge in [-0.15, -0.1) is 5.10 Å². The van der Waals surface area contributed by atoms with Gasteiger partial charge >= 0.3 is 0 Å². The highest BCUT2D eigenvalue weighted by molar-refractivity contribution is 9.10. The maximum Gasteiger partial charge on any atom is 0.237 e. The third kappa shape index (κ3) is 4.48. The van der Waals surface area contributed by atoms with Gasteiger partial charge in [0.15, 0.2) is 0 Å². The maximum absolute atomic E-state index is 12.6. The van der Waals surface area contributed by atoms with E-state index >= 15 is 0 Å². The number of carbonyl (C=O) groups is 1. The van der Waals surface area contributed by atoms with Crippen molar-refractivity contribution in [1.82, 2.24) is 20.2 Å². The molecule has 0 saturated heterocycles. The number of halogens is 1. The van der Waals surface area contributed by atoms with Gasteiger partial charge in [0.2, 0.25) is 11.1 Å². The molecule has 0 spiro atoms. The zero-order valence-corrected chi connectivity index (χ0v) is 17.4. The van der Waals surface area contributed by atoms with E-state index in [1.54, 1.807) is 11.8 Å². The number of hydrogen-bond donors (Lipinski definition) is 1. The monoisotopic (exact) mass is 447 g/mol. The van der Waals surface area contributed by atoms with Crippen molar-refractivity contribution in [2.75, 3.05) is 12.4 Å². The third-order valence-electron chi connectivity index (χ3n) is 3.79. The molecule has 0 aliphatic carbocycles. The Labute approximate surface area is 169 Å². The number of aromatic nitrogens is 4. The number of nitrogens with zero attached hydrogens (tertiary/aromatic N) is 4. The largest absolute Gasteiger partial charge is 0.494 e. The van der Waals surface area contributed by atoms with Gasteiger partial charge in [-0.3, -0.25) is 4.79 Å². The van der Waals surface area contributed by atoms with Crippen molar-refractivity contribution < 1.29 is 9.53 Å². The minimum atomic E-state index is -0.405. The van der Waals surface area contributed by atoms with Crippen molar-refractivity contribution in [3.8, 4) is 11.4 Å². The van der Waals surface area contributed by atoms with E-state index in [0.29, 0.717) is 16.6 Å². The lowest BCUT2D eigenvalue weighted by atomic mass is 10.2. The summed E-state index contributed by atoms with van der Waals surface area (Å²) in [6, 6.07) is 13.2. The molecule has 3 aromatic rings. The van der Waals surface area contributed by atoms with Crippen molar-refractivity contribution in [3.63, 3.8) is 0 Å². The highest BCUT2D eigenvalue weighted by Gasteiger charge is 2.21. The first-order valence-corrected chi connectivity index (χ1v) is 9.82. The Morgan fingerprint density at radius 3 is 2.81 bits per heavy atom. The molecule has 1 unspecified atom stereocenters. The zero-order chi connectivity index (χ0) is 19.4. The summed E-state index contributed by atoms with van der Waals surface area (Å²) >= 11 is 4.74. The molecule has 140 valence electrons. The Morgan fingerprint density at radius 2 is 2.07 bits per heavy atom. The second kappa shape index (κ2) is 8.53. The second-order valence-corrected chi connectivity index (χ2v) is 7.94. The topological polar surface area (TPSA) is 81.9 Å². The van der Waals surface area contributed by atoms with Gasteiger partial charge in [-0.1, -0.05) is 30.0 Å². The number of amides is 1. The number of ether oxygens (including phenoxy) is 1. The van der Waals surface area contributed by atoms with Crippen LogP contribution < -0.4 is 10.1 Å². The number of benzene rings is 2. The van der Waals surface area contributed by atoms with E-state index in [1.165, 1.54) is 11.8 Å². The van der Waals surface area contributed by atoms with Crippen LogP contribution in [0.2, 0.25) is 0 Å². The first-order chi connectivity index (χ1) is 13.0. The van der Waals surface area contributed by atoms with Crippen molar-refractivity contribution in [1.29, 1.82) is 0 Å². The molecule has 9 heteroatoms. The first kappa shape index (κ1) is 19.4. The van der Waals surface area contributed by atoms with Crippen molar-refractivity contribution in [3.05, 3.63) is 52.5 Å². The van der Waals surface area contributed by atoms with Crippen LogP contribution >= 0.6 is 27.7 Å². The molecule has 2 aromatic carbocycles. The van der Waals surface area contributed by atoms with E-state index in [9.17, 15) is 4.79 Å². The summed E-state index contributed by atoms with van der Waals surface area (Å²) < 4.78 is 7.77.